The molecule has 0 saturated heterocycles. The Balaban J connectivity index is 2.48. The van der Waals surface area contributed by atoms with Crippen molar-refractivity contribution in [1.82, 2.24) is 0 Å². The molecule has 25 heavy (non-hydrogen) atoms. The molecule has 0 bridgehead atoms. The summed E-state index contributed by atoms with van der Waals surface area (Å²) >= 11 is 0. The second-order valence-corrected chi connectivity index (χ2v) is 7.27. The largest absolute Gasteiger partial charge is 0.481 e. The van der Waals surface area contributed by atoms with Crippen molar-refractivity contribution >= 4 is 11.8 Å². The van der Waals surface area contributed by atoms with Gasteiger partial charge in [0, 0.05) is 18.8 Å². The van der Waals surface area contributed by atoms with Crippen molar-refractivity contribution in [3.8, 4) is 0 Å². The van der Waals surface area contributed by atoms with E-state index in [0.717, 1.165) is 32.1 Å². The summed E-state index contributed by atoms with van der Waals surface area (Å²) in [6, 6.07) is 0. The van der Waals surface area contributed by atoms with Crippen LogP contribution in [0.2, 0.25) is 0 Å². The minimum atomic E-state index is -0.768. The molecular weight excluding hydrogens is 316 g/mol. The number of aliphatic carboxylic acids is 1. The minimum absolute atomic E-state index is 0.00943. The lowest BCUT2D eigenvalue weighted by molar-refractivity contribution is -0.137. The first kappa shape index (κ1) is 21.6. The smallest absolute Gasteiger partial charge is 0.303 e. The third-order valence-corrected chi connectivity index (χ3v) is 5.04. The monoisotopic (exact) mass is 350 g/mol. The zero-order chi connectivity index (χ0) is 18.7. The molecule has 1 aliphatic rings. The van der Waals surface area contributed by atoms with E-state index in [1.165, 1.54) is 0 Å². The van der Waals surface area contributed by atoms with Gasteiger partial charge in [0.15, 0.2) is 0 Å². The van der Waals surface area contributed by atoms with E-state index in [2.05, 4.69) is 19.9 Å². The Morgan fingerprint density at radius 2 is 2.04 bits per heavy atom. The van der Waals surface area contributed by atoms with Crippen molar-refractivity contribution in [2.24, 2.45) is 17.8 Å². The Bertz CT molecular complexity index is 467. The number of carboxylic acid groups (broad SMARTS) is 1. The van der Waals surface area contributed by atoms with Crippen LogP contribution in [0, 0.1) is 17.8 Å². The fraction of sp³-hybridized carbons (Fsp3) is 0.714. The highest BCUT2D eigenvalue weighted by atomic mass is 16.4. The van der Waals surface area contributed by atoms with Gasteiger partial charge in [-0.2, -0.15) is 0 Å². The van der Waals surface area contributed by atoms with Gasteiger partial charge in [-0.25, -0.2) is 0 Å². The predicted octanol–water partition coefficient (Wildman–Crippen LogP) is 4.53. The normalized spacial score (nSPS) is 25.2. The quantitative estimate of drug-likeness (QED) is 0.401. The molecule has 142 valence electrons. The summed E-state index contributed by atoms with van der Waals surface area (Å²) in [5, 5.41) is 18.7. The van der Waals surface area contributed by atoms with Gasteiger partial charge in [-0.3, -0.25) is 9.59 Å². The average Bonchev–Trinajstić information content (AvgIpc) is 2.82. The molecule has 4 nitrogen and oxygen atoms in total. The van der Waals surface area contributed by atoms with E-state index >= 15 is 0 Å². The lowest BCUT2D eigenvalue weighted by atomic mass is 9.87. The zero-order valence-electron chi connectivity index (χ0n) is 15.7. The molecule has 0 aliphatic heterocycles. The van der Waals surface area contributed by atoms with Crippen molar-refractivity contribution < 1.29 is 19.8 Å². The third kappa shape index (κ3) is 8.48. The second-order valence-electron chi connectivity index (χ2n) is 7.27. The number of carbonyl (C=O) groups is 2. The number of unbranched alkanes of at least 4 members (excludes halogenated alkanes) is 3. The van der Waals surface area contributed by atoms with Gasteiger partial charge in [0.25, 0.3) is 0 Å². The molecule has 1 aliphatic carbocycles. The molecule has 1 rings (SSSR count). The molecule has 0 aromatic rings. The zero-order valence-corrected chi connectivity index (χ0v) is 15.7. The number of Topliss-reactive ketones (excluding diaryl/α,β-unsaturated/α-hetero) is 1. The first-order chi connectivity index (χ1) is 12.0. The maximum atomic E-state index is 12.3. The van der Waals surface area contributed by atoms with Crippen LogP contribution in [0.3, 0.4) is 0 Å². The number of aliphatic hydroxyl groups excluding tert-OH is 1. The fourth-order valence-electron chi connectivity index (χ4n) is 3.52. The maximum absolute atomic E-state index is 12.3. The lowest BCUT2D eigenvalue weighted by Crippen LogP contribution is -2.15. The summed E-state index contributed by atoms with van der Waals surface area (Å²) < 4.78 is 0. The molecule has 0 heterocycles. The molecule has 1 saturated carbocycles. The van der Waals surface area contributed by atoms with E-state index in [-0.39, 0.29) is 18.3 Å². The molecule has 0 amide bonds. The molecular formula is C21H34O4. The molecule has 0 spiro atoms. The topological polar surface area (TPSA) is 74.6 Å². The van der Waals surface area contributed by atoms with Crippen LogP contribution < -0.4 is 0 Å². The van der Waals surface area contributed by atoms with E-state index in [4.69, 9.17) is 5.11 Å². The minimum Gasteiger partial charge on any atom is -0.481 e. The van der Waals surface area contributed by atoms with Crippen LogP contribution >= 0.6 is 0 Å². The van der Waals surface area contributed by atoms with Crippen LogP contribution in [0.1, 0.15) is 71.6 Å². The van der Waals surface area contributed by atoms with E-state index in [9.17, 15) is 14.7 Å². The van der Waals surface area contributed by atoms with E-state index in [1.54, 1.807) is 0 Å². The SMILES string of the molecule is CCCCCC(O)/C=C/C1C(C)CC(=O)C1C/C=C/CCCC(=O)O. The number of hydrogen-bond donors (Lipinski definition) is 2. The van der Waals surface area contributed by atoms with E-state index < -0.39 is 12.1 Å². The number of hydrogen-bond acceptors (Lipinski definition) is 3. The molecule has 2 N–H and O–H groups in total. The molecule has 4 atom stereocenters. The number of rotatable bonds is 12. The molecule has 1 fully saturated rings. The molecule has 0 radical (unpaired) electrons. The Hall–Kier alpha value is -1.42. The van der Waals surface area contributed by atoms with Gasteiger partial charge in [0.1, 0.15) is 5.78 Å². The highest BCUT2D eigenvalue weighted by molar-refractivity contribution is 5.84. The fourth-order valence-corrected chi connectivity index (χ4v) is 3.52. The summed E-state index contributed by atoms with van der Waals surface area (Å²) in [6.07, 6.45) is 14.5. The number of ketones is 1. The average molecular weight is 350 g/mol. The van der Waals surface area contributed by atoms with Crippen molar-refractivity contribution in [3.05, 3.63) is 24.3 Å². The van der Waals surface area contributed by atoms with Crippen LogP contribution in [-0.4, -0.2) is 28.1 Å². The lowest BCUT2D eigenvalue weighted by Gasteiger charge is -2.17. The van der Waals surface area contributed by atoms with Gasteiger partial charge in [-0.1, -0.05) is 57.4 Å². The number of carbonyl (C=O) groups excluding carboxylic acids is 1. The van der Waals surface area contributed by atoms with Crippen LogP contribution in [0.25, 0.3) is 0 Å². The first-order valence-corrected chi connectivity index (χ1v) is 9.71. The summed E-state index contributed by atoms with van der Waals surface area (Å²) in [5.74, 6) is 0.0347. The van der Waals surface area contributed by atoms with Crippen molar-refractivity contribution in [2.45, 2.75) is 77.7 Å². The number of aliphatic hydroxyl groups is 1. The van der Waals surface area contributed by atoms with Gasteiger partial charge >= 0.3 is 5.97 Å². The standard InChI is InChI=1S/C21H34O4/c1-3-4-7-10-17(22)13-14-18-16(2)15-20(23)19(18)11-8-5-6-9-12-21(24)25/h5,8,13-14,16-19,22H,3-4,6-7,9-12,15H2,1-2H3,(H,24,25)/b8-5+,14-13+. The Morgan fingerprint density at radius 3 is 2.72 bits per heavy atom. The Labute approximate surface area is 152 Å². The van der Waals surface area contributed by atoms with Gasteiger partial charge < -0.3 is 10.2 Å². The summed E-state index contributed by atoms with van der Waals surface area (Å²) in [5.41, 5.74) is 0. The predicted molar refractivity (Wildman–Crippen MR) is 100 cm³/mol. The van der Waals surface area contributed by atoms with Crippen LogP contribution in [-0.2, 0) is 9.59 Å². The van der Waals surface area contributed by atoms with Crippen LogP contribution in [0.4, 0.5) is 0 Å². The maximum Gasteiger partial charge on any atom is 0.303 e. The van der Waals surface area contributed by atoms with Crippen molar-refractivity contribution in [2.75, 3.05) is 0 Å². The van der Waals surface area contributed by atoms with E-state index in [1.807, 2.05) is 18.2 Å². The second kappa shape index (κ2) is 12.0. The highest BCUT2D eigenvalue weighted by Crippen LogP contribution is 2.37. The van der Waals surface area contributed by atoms with Crippen LogP contribution in [0.5, 0.6) is 0 Å². The summed E-state index contributed by atoms with van der Waals surface area (Å²) in [6.45, 7) is 4.25. The number of carboxylic acids is 1. The Morgan fingerprint density at radius 1 is 1.28 bits per heavy atom. The molecule has 4 unspecified atom stereocenters. The van der Waals surface area contributed by atoms with Crippen molar-refractivity contribution in [1.29, 1.82) is 0 Å². The van der Waals surface area contributed by atoms with Crippen molar-refractivity contribution in [3.63, 3.8) is 0 Å². The molecule has 4 heteroatoms. The molecule has 0 aromatic heterocycles. The van der Waals surface area contributed by atoms with E-state index in [0.29, 0.717) is 31.0 Å². The van der Waals surface area contributed by atoms with Gasteiger partial charge in [0.2, 0.25) is 0 Å². The first-order valence-electron chi connectivity index (χ1n) is 9.71. The van der Waals surface area contributed by atoms with Crippen LogP contribution in [0.15, 0.2) is 24.3 Å². The van der Waals surface area contributed by atoms with Gasteiger partial charge in [0.05, 0.1) is 6.10 Å². The third-order valence-electron chi connectivity index (χ3n) is 5.04. The summed E-state index contributed by atoms with van der Waals surface area (Å²) in [7, 11) is 0. The summed E-state index contributed by atoms with van der Waals surface area (Å²) in [4.78, 5) is 22.7. The number of allylic oxidation sites excluding steroid dienone is 3. The van der Waals surface area contributed by atoms with Gasteiger partial charge in [-0.05, 0) is 37.5 Å². The van der Waals surface area contributed by atoms with Gasteiger partial charge in [-0.15, -0.1) is 0 Å². The Kier molecular flexibility index (Phi) is 10.4. The highest BCUT2D eigenvalue weighted by Gasteiger charge is 2.37. The molecule has 0 aromatic carbocycles.